The first-order chi connectivity index (χ1) is 9.67. The maximum absolute atomic E-state index is 13.4. The van der Waals surface area contributed by atoms with Gasteiger partial charge in [-0.3, -0.25) is 4.90 Å². The van der Waals surface area contributed by atoms with Crippen molar-refractivity contribution in [1.29, 1.82) is 0 Å². The Morgan fingerprint density at radius 3 is 3.00 bits per heavy atom. The predicted molar refractivity (Wildman–Crippen MR) is 73.5 cm³/mol. The van der Waals surface area contributed by atoms with Gasteiger partial charge in [0.25, 0.3) is 0 Å². The molecule has 1 atom stereocenters. The maximum Gasteiger partial charge on any atom is 0.317 e. The summed E-state index contributed by atoms with van der Waals surface area (Å²) in [6.07, 6.45) is 0. The fraction of sp³-hybridized carbons (Fsp3) is 0.500. The number of piperazine rings is 1. The van der Waals surface area contributed by atoms with E-state index >= 15 is 0 Å². The third-order valence-corrected chi connectivity index (χ3v) is 4.10. The van der Waals surface area contributed by atoms with Crippen LogP contribution in [0.3, 0.4) is 0 Å². The molecule has 2 fully saturated rings. The third-order valence-electron chi connectivity index (χ3n) is 4.10. The van der Waals surface area contributed by atoms with Crippen LogP contribution in [0.5, 0.6) is 0 Å². The van der Waals surface area contributed by atoms with E-state index in [1.807, 2.05) is 4.90 Å². The van der Waals surface area contributed by atoms with Crippen molar-refractivity contribution in [3.8, 4) is 0 Å². The number of urea groups is 1. The largest absolute Gasteiger partial charge is 0.336 e. The molecule has 1 aromatic rings. The van der Waals surface area contributed by atoms with Crippen LogP contribution >= 0.6 is 0 Å². The van der Waals surface area contributed by atoms with Gasteiger partial charge in [0, 0.05) is 39.3 Å². The summed E-state index contributed by atoms with van der Waals surface area (Å²) in [5, 5.41) is 2.86. The van der Waals surface area contributed by atoms with Crippen LogP contribution in [-0.4, -0.2) is 48.1 Å². The Hall–Kier alpha value is -1.66. The average Bonchev–Trinajstić information content (AvgIpc) is 2.80. The molecule has 2 heterocycles. The molecule has 1 unspecified atom stereocenters. The predicted octanol–water partition coefficient (Wildman–Crippen LogP) is 0.494. The lowest BCUT2D eigenvalue weighted by Gasteiger charge is -2.36. The van der Waals surface area contributed by atoms with Crippen LogP contribution < -0.4 is 11.1 Å². The molecule has 20 heavy (non-hydrogen) atoms. The molecule has 0 radical (unpaired) electrons. The fourth-order valence-corrected chi connectivity index (χ4v) is 2.99. The van der Waals surface area contributed by atoms with Gasteiger partial charge < -0.3 is 16.0 Å². The van der Waals surface area contributed by atoms with Gasteiger partial charge in [0.1, 0.15) is 5.82 Å². The van der Waals surface area contributed by atoms with E-state index in [1.54, 1.807) is 12.1 Å². The molecule has 3 N–H and O–H groups in total. The third kappa shape index (κ3) is 2.48. The van der Waals surface area contributed by atoms with E-state index in [0.717, 1.165) is 30.8 Å². The number of carbonyl (C=O) groups excluding carboxylic acids is 1. The van der Waals surface area contributed by atoms with Gasteiger partial charge in [-0.1, -0.05) is 6.07 Å². The molecule has 2 amide bonds. The SMILES string of the molecule is NCc1ccc(F)cc1CN1CCN2C(=O)NCC2C1. The summed E-state index contributed by atoms with van der Waals surface area (Å²) in [4.78, 5) is 15.7. The Bertz CT molecular complexity index is 522. The average molecular weight is 278 g/mol. The zero-order valence-electron chi connectivity index (χ0n) is 11.3. The van der Waals surface area contributed by atoms with Crippen molar-refractivity contribution in [3.05, 3.63) is 35.1 Å². The van der Waals surface area contributed by atoms with Crippen molar-refractivity contribution < 1.29 is 9.18 Å². The Morgan fingerprint density at radius 2 is 2.20 bits per heavy atom. The molecule has 1 aromatic carbocycles. The standard InChI is InChI=1S/C14H19FN4O/c15-12-2-1-10(6-16)11(5-12)8-18-3-4-19-13(9-18)7-17-14(19)20/h1-2,5,13H,3-4,6-9,16H2,(H,17,20). The van der Waals surface area contributed by atoms with Crippen molar-refractivity contribution >= 4 is 6.03 Å². The summed E-state index contributed by atoms with van der Waals surface area (Å²) in [6.45, 7) is 4.15. The van der Waals surface area contributed by atoms with Gasteiger partial charge in [-0.2, -0.15) is 0 Å². The maximum atomic E-state index is 13.4. The molecular formula is C14H19FN4O. The second kappa shape index (κ2) is 5.38. The van der Waals surface area contributed by atoms with Gasteiger partial charge in [0.2, 0.25) is 0 Å². The van der Waals surface area contributed by atoms with Crippen LogP contribution in [-0.2, 0) is 13.1 Å². The molecule has 0 aromatic heterocycles. The van der Waals surface area contributed by atoms with Gasteiger partial charge in [-0.25, -0.2) is 9.18 Å². The Labute approximate surface area is 117 Å². The number of nitrogens with two attached hydrogens (primary N) is 1. The Kier molecular flexibility index (Phi) is 3.58. The molecule has 2 aliphatic heterocycles. The molecule has 0 spiro atoms. The minimum atomic E-state index is -0.228. The minimum absolute atomic E-state index is 0.0306. The van der Waals surface area contributed by atoms with Crippen LogP contribution in [0, 0.1) is 5.82 Å². The van der Waals surface area contributed by atoms with Crippen LogP contribution in [0.2, 0.25) is 0 Å². The number of nitrogens with one attached hydrogen (secondary N) is 1. The van der Waals surface area contributed by atoms with Gasteiger partial charge >= 0.3 is 6.03 Å². The van der Waals surface area contributed by atoms with Crippen molar-refractivity contribution in [2.45, 2.75) is 19.1 Å². The topological polar surface area (TPSA) is 61.6 Å². The quantitative estimate of drug-likeness (QED) is 0.846. The molecule has 3 rings (SSSR count). The molecule has 0 saturated carbocycles. The molecule has 2 aliphatic rings. The van der Waals surface area contributed by atoms with E-state index in [9.17, 15) is 9.18 Å². The van der Waals surface area contributed by atoms with Crippen LogP contribution in [0.15, 0.2) is 18.2 Å². The Balaban J connectivity index is 1.70. The van der Waals surface area contributed by atoms with Crippen LogP contribution in [0.4, 0.5) is 9.18 Å². The van der Waals surface area contributed by atoms with Gasteiger partial charge in [-0.15, -0.1) is 0 Å². The highest BCUT2D eigenvalue weighted by atomic mass is 19.1. The number of halogens is 1. The lowest BCUT2D eigenvalue weighted by molar-refractivity contribution is 0.116. The summed E-state index contributed by atoms with van der Waals surface area (Å²) in [5.41, 5.74) is 7.63. The van der Waals surface area contributed by atoms with Gasteiger partial charge in [0.05, 0.1) is 6.04 Å². The first kappa shape index (κ1) is 13.3. The number of benzene rings is 1. The summed E-state index contributed by atoms with van der Waals surface area (Å²) in [6, 6.07) is 5.02. The monoisotopic (exact) mass is 278 g/mol. The highest BCUT2D eigenvalue weighted by Crippen LogP contribution is 2.19. The number of rotatable bonds is 3. The minimum Gasteiger partial charge on any atom is -0.336 e. The molecule has 6 heteroatoms. The van der Waals surface area contributed by atoms with Crippen molar-refractivity contribution in [3.63, 3.8) is 0 Å². The van der Waals surface area contributed by atoms with Crippen LogP contribution in [0.1, 0.15) is 11.1 Å². The Morgan fingerprint density at radius 1 is 1.35 bits per heavy atom. The lowest BCUT2D eigenvalue weighted by atomic mass is 10.1. The second-order valence-corrected chi connectivity index (χ2v) is 5.39. The number of carbonyl (C=O) groups is 1. The molecule has 0 bridgehead atoms. The van der Waals surface area contributed by atoms with E-state index in [0.29, 0.717) is 19.6 Å². The number of hydrogen-bond acceptors (Lipinski definition) is 3. The summed E-state index contributed by atoms with van der Waals surface area (Å²) >= 11 is 0. The number of nitrogens with zero attached hydrogens (tertiary/aromatic N) is 2. The number of hydrogen-bond donors (Lipinski definition) is 2. The fourth-order valence-electron chi connectivity index (χ4n) is 2.99. The van der Waals surface area contributed by atoms with E-state index in [-0.39, 0.29) is 17.9 Å². The summed E-state index contributed by atoms with van der Waals surface area (Å²) < 4.78 is 13.4. The zero-order chi connectivity index (χ0) is 14.1. The van der Waals surface area contributed by atoms with Crippen molar-refractivity contribution in [2.24, 2.45) is 5.73 Å². The highest BCUT2D eigenvalue weighted by Gasteiger charge is 2.35. The molecule has 0 aliphatic carbocycles. The number of amides is 2. The molecule has 2 saturated heterocycles. The van der Waals surface area contributed by atoms with Crippen LogP contribution in [0.25, 0.3) is 0 Å². The van der Waals surface area contributed by atoms with E-state index in [1.165, 1.54) is 6.07 Å². The van der Waals surface area contributed by atoms with Gasteiger partial charge in [0.15, 0.2) is 0 Å². The smallest absolute Gasteiger partial charge is 0.317 e. The normalized spacial score (nSPS) is 22.8. The van der Waals surface area contributed by atoms with E-state index < -0.39 is 0 Å². The first-order valence-electron chi connectivity index (χ1n) is 6.91. The van der Waals surface area contributed by atoms with Crippen molar-refractivity contribution in [2.75, 3.05) is 26.2 Å². The molecule has 108 valence electrons. The molecular weight excluding hydrogens is 259 g/mol. The zero-order valence-corrected chi connectivity index (χ0v) is 11.3. The lowest BCUT2D eigenvalue weighted by Crippen LogP contribution is -2.51. The number of fused-ring (bicyclic) bond motifs is 1. The van der Waals surface area contributed by atoms with E-state index in [4.69, 9.17) is 5.73 Å². The first-order valence-corrected chi connectivity index (χ1v) is 6.91. The second-order valence-electron chi connectivity index (χ2n) is 5.39. The highest BCUT2D eigenvalue weighted by molar-refractivity contribution is 5.77. The summed E-state index contributed by atoms with van der Waals surface area (Å²) in [7, 11) is 0. The summed E-state index contributed by atoms with van der Waals surface area (Å²) in [5.74, 6) is -0.228. The van der Waals surface area contributed by atoms with Crippen molar-refractivity contribution in [1.82, 2.24) is 15.1 Å². The van der Waals surface area contributed by atoms with Gasteiger partial charge in [-0.05, 0) is 23.3 Å². The van der Waals surface area contributed by atoms with E-state index in [2.05, 4.69) is 10.2 Å². The molecule has 5 nitrogen and oxygen atoms in total.